The number of anilines is 2. The molecule has 216 valence electrons. The molecule has 0 amide bonds. The molecule has 5 rings (SSSR count). The van der Waals surface area contributed by atoms with E-state index in [2.05, 4.69) is 0 Å². The van der Waals surface area contributed by atoms with E-state index in [-0.39, 0.29) is 59.9 Å². The number of nitrogen functional groups attached to an aromatic ring is 2. The van der Waals surface area contributed by atoms with Gasteiger partial charge in [0.15, 0.2) is 0 Å². The van der Waals surface area contributed by atoms with Gasteiger partial charge in [-0.2, -0.15) is 0 Å². The maximum atomic E-state index is 13.2. The summed E-state index contributed by atoms with van der Waals surface area (Å²) in [6.07, 6.45) is 0.265. The van der Waals surface area contributed by atoms with Crippen LogP contribution in [0.4, 0.5) is 11.6 Å². The van der Waals surface area contributed by atoms with Gasteiger partial charge in [-0.05, 0) is 73.5 Å². The predicted molar refractivity (Wildman–Crippen MR) is 152 cm³/mol. The van der Waals surface area contributed by atoms with E-state index in [4.69, 9.17) is 20.9 Å². The van der Waals surface area contributed by atoms with Crippen LogP contribution in [-0.4, -0.2) is 56.4 Å². The molecule has 42 heavy (non-hydrogen) atoms. The first-order valence-corrected chi connectivity index (χ1v) is 13.1. The molecule has 12 nitrogen and oxygen atoms in total. The van der Waals surface area contributed by atoms with Gasteiger partial charge in [-0.3, -0.25) is 9.13 Å². The van der Waals surface area contributed by atoms with Gasteiger partial charge < -0.3 is 31.2 Å². The molecule has 0 fully saturated rings. The van der Waals surface area contributed by atoms with Crippen molar-refractivity contribution in [2.45, 2.75) is 26.7 Å². The van der Waals surface area contributed by atoms with Crippen LogP contribution in [0.1, 0.15) is 77.8 Å². The summed E-state index contributed by atoms with van der Waals surface area (Å²) in [6, 6.07) is 12.1. The fourth-order valence-corrected chi connectivity index (χ4v) is 5.43. The zero-order valence-corrected chi connectivity index (χ0v) is 22.8. The highest BCUT2D eigenvalue weighted by Gasteiger charge is 2.37. The quantitative estimate of drug-likeness (QED) is 0.200. The molecule has 0 atom stereocenters. The van der Waals surface area contributed by atoms with E-state index in [0.29, 0.717) is 33.9 Å². The molecule has 0 saturated heterocycles. The highest BCUT2D eigenvalue weighted by molar-refractivity contribution is 6.00. The fraction of sp³-hybridized carbons (Fsp3) is 0.200. The third-order valence-electron chi connectivity index (χ3n) is 7.23. The van der Waals surface area contributed by atoms with E-state index in [9.17, 15) is 29.4 Å². The first kappa shape index (κ1) is 28.0. The van der Waals surface area contributed by atoms with Crippen molar-refractivity contribution in [2.75, 3.05) is 24.7 Å². The van der Waals surface area contributed by atoms with E-state index in [1.54, 1.807) is 47.2 Å². The molecule has 1 aliphatic rings. The number of carboxylic acids is 2. The van der Waals surface area contributed by atoms with E-state index in [1.165, 1.54) is 24.3 Å². The van der Waals surface area contributed by atoms with Crippen molar-refractivity contribution in [3.05, 3.63) is 93.3 Å². The monoisotopic (exact) mass is 572 g/mol. The van der Waals surface area contributed by atoms with Crippen molar-refractivity contribution in [2.24, 2.45) is 0 Å². The Bertz CT molecular complexity index is 1620. The number of rotatable bonds is 8. The topological polar surface area (TPSA) is 189 Å². The van der Waals surface area contributed by atoms with Crippen LogP contribution in [0.25, 0.3) is 11.4 Å². The predicted octanol–water partition coefficient (Wildman–Crippen LogP) is 3.68. The van der Waals surface area contributed by atoms with E-state index < -0.39 is 23.9 Å². The summed E-state index contributed by atoms with van der Waals surface area (Å²) in [5, 5.41) is 18.7. The minimum atomic E-state index is -1.09. The van der Waals surface area contributed by atoms with Gasteiger partial charge in [-0.1, -0.05) is 0 Å². The number of nitrogens with two attached hydrogens (primary N) is 2. The van der Waals surface area contributed by atoms with Gasteiger partial charge in [0.25, 0.3) is 0 Å². The average molecular weight is 573 g/mol. The Kier molecular flexibility index (Phi) is 7.21. The van der Waals surface area contributed by atoms with Crippen LogP contribution < -0.4 is 11.5 Å². The molecule has 0 radical (unpaired) electrons. The third kappa shape index (κ3) is 4.52. The number of aromatic carboxylic acids is 2. The number of carboxylic acid groups (broad SMARTS) is 2. The normalized spacial score (nSPS) is 11.9. The summed E-state index contributed by atoms with van der Waals surface area (Å²) in [5.41, 5.74) is 17.0. The molecule has 0 spiro atoms. The van der Waals surface area contributed by atoms with Crippen LogP contribution in [0, 0.1) is 0 Å². The number of carbonyl (C=O) groups excluding carboxylic acids is 2. The molecule has 12 heteroatoms. The van der Waals surface area contributed by atoms with Gasteiger partial charge >= 0.3 is 23.9 Å². The average Bonchev–Trinajstić information content (AvgIpc) is 3.40. The number of carbonyl (C=O) groups is 4. The lowest BCUT2D eigenvalue weighted by atomic mass is 9.90. The molecule has 2 aromatic carbocycles. The Hall–Kier alpha value is -5.52. The molecule has 2 aromatic heterocycles. The van der Waals surface area contributed by atoms with Crippen molar-refractivity contribution in [3.63, 3.8) is 0 Å². The largest absolute Gasteiger partial charge is 0.478 e. The second-order valence-corrected chi connectivity index (χ2v) is 9.54. The molecular weight excluding hydrogens is 544 g/mol. The minimum absolute atomic E-state index is 0.0783. The van der Waals surface area contributed by atoms with Gasteiger partial charge in [0.2, 0.25) is 0 Å². The molecule has 0 bridgehead atoms. The van der Waals surface area contributed by atoms with Gasteiger partial charge in [0.05, 0.1) is 24.3 Å². The Morgan fingerprint density at radius 2 is 1.00 bits per heavy atom. The highest BCUT2D eigenvalue weighted by atomic mass is 16.5. The zero-order valence-electron chi connectivity index (χ0n) is 22.8. The molecule has 0 saturated carbocycles. The van der Waals surface area contributed by atoms with Gasteiger partial charge in [0.1, 0.15) is 22.8 Å². The molecule has 2 heterocycles. The summed E-state index contributed by atoms with van der Waals surface area (Å²) in [6.45, 7) is 3.59. The summed E-state index contributed by atoms with van der Waals surface area (Å²) in [4.78, 5) is 49.3. The third-order valence-corrected chi connectivity index (χ3v) is 7.23. The molecule has 6 N–H and O–H groups in total. The summed E-state index contributed by atoms with van der Waals surface area (Å²) in [5.74, 6) is -3.22. The second-order valence-electron chi connectivity index (χ2n) is 9.54. The Labute approximate surface area is 239 Å². The van der Waals surface area contributed by atoms with Gasteiger partial charge in [0, 0.05) is 35.6 Å². The molecule has 4 aromatic rings. The van der Waals surface area contributed by atoms with Crippen LogP contribution in [0.2, 0.25) is 0 Å². The van der Waals surface area contributed by atoms with Gasteiger partial charge in [-0.15, -0.1) is 0 Å². The Balaban J connectivity index is 1.75. The lowest BCUT2D eigenvalue weighted by molar-refractivity contribution is 0.0516. The number of aromatic nitrogens is 2. The zero-order chi connectivity index (χ0) is 30.3. The number of hydrogen-bond acceptors (Lipinski definition) is 8. The lowest BCUT2D eigenvalue weighted by Crippen LogP contribution is -2.16. The first-order valence-electron chi connectivity index (χ1n) is 13.1. The van der Waals surface area contributed by atoms with Crippen molar-refractivity contribution >= 4 is 35.5 Å². The highest BCUT2D eigenvalue weighted by Crippen LogP contribution is 2.42. The number of fused-ring (bicyclic) bond motifs is 2. The fourth-order valence-electron chi connectivity index (χ4n) is 5.43. The second kappa shape index (κ2) is 10.8. The van der Waals surface area contributed by atoms with Crippen molar-refractivity contribution in [1.29, 1.82) is 0 Å². The van der Waals surface area contributed by atoms with Crippen LogP contribution in [0.3, 0.4) is 0 Å². The minimum Gasteiger partial charge on any atom is -0.478 e. The Morgan fingerprint density at radius 1 is 0.667 bits per heavy atom. The number of hydrogen-bond donors (Lipinski definition) is 4. The van der Waals surface area contributed by atoms with Crippen LogP contribution in [-0.2, 0) is 22.3 Å². The molecule has 0 unspecified atom stereocenters. The Morgan fingerprint density at radius 3 is 1.29 bits per heavy atom. The van der Waals surface area contributed by atoms with Crippen LogP contribution in [0.15, 0.2) is 48.5 Å². The van der Waals surface area contributed by atoms with Crippen molar-refractivity contribution < 1.29 is 38.9 Å². The van der Waals surface area contributed by atoms with Crippen molar-refractivity contribution in [3.8, 4) is 11.4 Å². The van der Waals surface area contributed by atoms with E-state index >= 15 is 0 Å². The number of ether oxygens (including phenoxy) is 2. The standard InChI is InChI=1S/C30H28N4O8/c1-3-41-29(39)23-19-13-22-20(14-21(19)33(25(23)31)17-9-5-15(6-10-17)27(35)36)24(30(40)42-4-2)26(32)34(22)18-11-7-16(8-12-18)28(37)38/h5-12H,3-4,13-14,31-32H2,1-2H3,(H,35,36)(H,37,38). The van der Waals surface area contributed by atoms with E-state index in [1.807, 2.05) is 0 Å². The number of benzene rings is 2. The lowest BCUT2D eigenvalue weighted by Gasteiger charge is -2.20. The smallest absolute Gasteiger partial charge is 0.342 e. The first-order chi connectivity index (χ1) is 20.1. The van der Waals surface area contributed by atoms with Crippen molar-refractivity contribution in [1.82, 2.24) is 9.13 Å². The summed E-state index contributed by atoms with van der Waals surface area (Å²) in [7, 11) is 0. The maximum absolute atomic E-state index is 13.2. The summed E-state index contributed by atoms with van der Waals surface area (Å²) < 4.78 is 14.0. The van der Waals surface area contributed by atoms with Crippen LogP contribution >= 0.6 is 0 Å². The molecule has 1 aliphatic carbocycles. The number of nitrogens with zero attached hydrogens (tertiary/aromatic N) is 2. The SMILES string of the molecule is CCOC(=O)c1c2c(n(-c3ccc(C(=O)O)cc3)c1N)Cc1c(C(=O)OCC)c(N)n(-c3ccc(C(=O)O)cc3)c1C2. The van der Waals surface area contributed by atoms with E-state index in [0.717, 1.165) is 0 Å². The molecular formula is C30H28N4O8. The van der Waals surface area contributed by atoms with Crippen LogP contribution in [0.5, 0.6) is 0 Å². The maximum Gasteiger partial charge on any atom is 0.342 e. The van der Waals surface area contributed by atoms with Gasteiger partial charge in [-0.25, -0.2) is 19.2 Å². The summed E-state index contributed by atoms with van der Waals surface area (Å²) >= 11 is 0. The number of esters is 2. The molecule has 0 aliphatic heterocycles.